The number of aliphatic hydroxyl groups is 1. The summed E-state index contributed by atoms with van der Waals surface area (Å²) in [5, 5.41) is 12.9. The van der Waals surface area contributed by atoms with Gasteiger partial charge in [0, 0.05) is 11.4 Å². The van der Waals surface area contributed by atoms with Gasteiger partial charge in [-0.15, -0.1) is 11.3 Å². The number of carbonyl (C=O) groups is 2. The highest BCUT2D eigenvalue weighted by molar-refractivity contribution is 7.10. The lowest BCUT2D eigenvalue weighted by Gasteiger charge is -2.24. The van der Waals surface area contributed by atoms with Gasteiger partial charge in [0.25, 0.3) is 11.7 Å². The first-order valence-corrected chi connectivity index (χ1v) is 10.6. The van der Waals surface area contributed by atoms with Gasteiger partial charge in [0.1, 0.15) is 23.1 Å². The van der Waals surface area contributed by atoms with Crippen molar-refractivity contribution in [3.63, 3.8) is 0 Å². The molecule has 1 aliphatic heterocycles. The monoisotopic (exact) mass is 453 g/mol. The fraction of sp³-hybridized carbons (Fsp3) is 0.167. The van der Waals surface area contributed by atoms with E-state index in [0.717, 1.165) is 11.6 Å². The second kappa shape index (κ2) is 8.84. The number of benzene rings is 2. The van der Waals surface area contributed by atoms with Crippen molar-refractivity contribution >= 4 is 28.8 Å². The van der Waals surface area contributed by atoms with Crippen LogP contribution in [0.2, 0.25) is 0 Å². The molecule has 164 valence electrons. The molecule has 0 saturated carbocycles. The molecule has 1 N–H and O–H groups in total. The van der Waals surface area contributed by atoms with Crippen molar-refractivity contribution < 1.29 is 28.6 Å². The van der Waals surface area contributed by atoms with Gasteiger partial charge in [-0.2, -0.15) is 0 Å². The van der Waals surface area contributed by atoms with Gasteiger partial charge < -0.3 is 19.5 Å². The summed E-state index contributed by atoms with van der Waals surface area (Å²) in [5.41, 5.74) is 0.661. The van der Waals surface area contributed by atoms with Gasteiger partial charge in [0.15, 0.2) is 0 Å². The quantitative estimate of drug-likeness (QED) is 0.337. The van der Waals surface area contributed by atoms with Crippen molar-refractivity contribution in [2.24, 2.45) is 0 Å². The number of Topliss-reactive ketones (excluding diaryl/α,β-unsaturated/α-hetero) is 1. The van der Waals surface area contributed by atoms with Gasteiger partial charge in [-0.1, -0.05) is 18.2 Å². The van der Waals surface area contributed by atoms with E-state index in [1.807, 2.05) is 11.4 Å². The Morgan fingerprint density at radius 2 is 1.91 bits per heavy atom. The Hall–Kier alpha value is -3.65. The second-order valence-electron chi connectivity index (χ2n) is 7.14. The van der Waals surface area contributed by atoms with Gasteiger partial charge in [-0.25, -0.2) is 4.39 Å². The van der Waals surface area contributed by atoms with Crippen molar-refractivity contribution in [2.75, 3.05) is 14.2 Å². The number of amides is 1. The van der Waals surface area contributed by atoms with E-state index in [4.69, 9.17) is 9.47 Å². The summed E-state index contributed by atoms with van der Waals surface area (Å²) in [7, 11) is 2.92. The number of likely N-dealkylation sites (tertiary alicyclic amines) is 1. The molecule has 1 fully saturated rings. The van der Waals surface area contributed by atoms with Gasteiger partial charge in [0.05, 0.1) is 31.4 Å². The van der Waals surface area contributed by atoms with Crippen LogP contribution in [0, 0.1) is 5.82 Å². The number of carbonyl (C=O) groups excluding carboxylic acids is 2. The van der Waals surface area contributed by atoms with E-state index in [0.29, 0.717) is 10.6 Å². The highest BCUT2D eigenvalue weighted by Gasteiger charge is 2.46. The van der Waals surface area contributed by atoms with Crippen molar-refractivity contribution in [3.8, 4) is 11.5 Å². The first-order valence-electron chi connectivity index (χ1n) is 9.73. The predicted octanol–water partition coefficient (Wildman–Crippen LogP) is 4.53. The van der Waals surface area contributed by atoms with Crippen LogP contribution < -0.4 is 9.47 Å². The molecule has 1 atom stereocenters. The average Bonchev–Trinajstić information content (AvgIpc) is 3.41. The van der Waals surface area contributed by atoms with Gasteiger partial charge >= 0.3 is 0 Å². The van der Waals surface area contributed by atoms with Crippen molar-refractivity contribution in [1.82, 2.24) is 4.90 Å². The first kappa shape index (κ1) is 21.6. The van der Waals surface area contributed by atoms with E-state index in [-0.39, 0.29) is 23.4 Å². The van der Waals surface area contributed by atoms with E-state index >= 15 is 0 Å². The topological polar surface area (TPSA) is 76.1 Å². The zero-order valence-electron chi connectivity index (χ0n) is 17.4. The minimum atomic E-state index is -0.838. The van der Waals surface area contributed by atoms with E-state index < -0.39 is 29.3 Å². The molecule has 0 radical (unpaired) electrons. The molecule has 0 aliphatic carbocycles. The van der Waals surface area contributed by atoms with Gasteiger partial charge in [-0.3, -0.25) is 9.59 Å². The number of rotatable bonds is 6. The van der Waals surface area contributed by atoms with E-state index in [1.165, 1.54) is 35.5 Å². The maximum absolute atomic E-state index is 13.9. The lowest BCUT2D eigenvalue weighted by atomic mass is 9.99. The fourth-order valence-corrected chi connectivity index (χ4v) is 4.61. The molecule has 0 bridgehead atoms. The minimum absolute atomic E-state index is 0.00781. The minimum Gasteiger partial charge on any atom is -0.507 e. The van der Waals surface area contributed by atoms with Crippen LogP contribution in [-0.4, -0.2) is 35.9 Å². The first-order chi connectivity index (χ1) is 15.4. The lowest BCUT2D eigenvalue weighted by Crippen LogP contribution is -2.28. The summed E-state index contributed by atoms with van der Waals surface area (Å²) in [6.07, 6.45) is 0. The SMILES string of the molecule is COc1cccc(CN2C(=O)C(=O)/C(=C(\O)c3cc(F)ccc3OC)C2c2cccs2)c1. The molecular weight excluding hydrogens is 433 g/mol. The van der Waals surface area contributed by atoms with Crippen molar-refractivity contribution in [2.45, 2.75) is 12.6 Å². The third-order valence-corrected chi connectivity index (χ3v) is 6.18. The van der Waals surface area contributed by atoms with E-state index in [1.54, 1.807) is 37.4 Å². The zero-order chi connectivity index (χ0) is 22.8. The molecule has 0 spiro atoms. The molecule has 1 amide bonds. The number of halogens is 1. The largest absolute Gasteiger partial charge is 0.507 e. The number of hydrogen-bond acceptors (Lipinski definition) is 6. The molecule has 1 aliphatic rings. The number of ketones is 1. The number of nitrogens with zero attached hydrogens (tertiary/aromatic N) is 1. The van der Waals surface area contributed by atoms with E-state index in [9.17, 15) is 19.1 Å². The van der Waals surface area contributed by atoms with Crippen LogP contribution in [0.4, 0.5) is 4.39 Å². The predicted molar refractivity (Wildman–Crippen MR) is 118 cm³/mol. The van der Waals surface area contributed by atoms with Gasteiger partial charge in [-0.05, 0) is 47.3 Å². The van der Waals surface area contributed by atoms with Crippen LogP contribution in [0.15, 0.2) is 65.6 Å². The van der Waals surface area contributed by atoms with Crippen LogP contribution >= 0.6 is 11.3 Å². The summed E-state index contributed by atoms with van der Waals surface area (Å²) >= 11 is 1.35. The molecule has 6 nitrogen and oxygen atoms in total. The van der Waals surface area contributed by atoms with Gasteiger partial charge in [0.2, 0.25) is 0 Å². The smallest absolute Gasteiger partial charge is 0.295 e. The summed E-state index contributed by atoms with van der Waals surface area (Å²) in [4.78, 5) is 28.2. The standard InChI is InChI=1S/C24H20FNO5S/c1-30-16-6-3-5-14(11-16)13-26-21(19-7-4-10-32-19)20(23(28)24(26)29)22(27)17-12-15(25)8-9-18(17)31-2/h3-12,21,27H,13H2,1-2H3/b22-20-. The Morgan fingerprint density at radius 1 is 1.09 bits per heavy atom. The van der Waals surface area contributed by atoms with E-state index in [2.05, 4.69) is 0 Å². The van der Waals surface area contributed by atoms with Crippen LogP contribution in [-0.2, 0) is 16.1 Å². The maximum Gasteiger partial charge on any atom is 0.295 e. The van der Waals surface area contributed by atoms with Crippen LogP contribution in [0.5, 0.6) is 11.5 Å². The number of thiophene rings is 1. The Labute approximate surface area is 188 Å². The Kier molecular flexibility index (Phi) is 5.96. The molecule has 3 aromatic rings. The third kappa shape index (κ3) is 3.85. The average molecular weight is 453 g/mol. The summed E-state index contributed by atoms with van der Waals surface area (Å²) in [6, 6.07) is 13.6. The molecule has 32 heavy (non-hydrogen) atoms. The Bertz CT molecular complexity index is 1200. The third-order valence-electron chi connectivity index (χ3n) is 5.26. The molecule has 1 aromatic heterocycles. The fourth-order valence-electron chi connectivity index (χ4n) is 3.76. The number of methoxy groups -OCH3 is 2. The lowest BCUT2D eigenvalue weighted by molar-refractivity contribution is -0.140. The molecule has 2 aromatic carbocycles. The highest BCUT2D eigenvalue weighted by atomic mass is 32.1. The van der Waals surface area contributed by atoms with Crippen molar-refractivity contribution in [1.29, 1.82) is 0 Å². The van der Waals surface area contributed by atoms with Crippen LogP contribution in [0.3, 0.4) is 0 Å². The molecule has 8 heteroatoms. The summed E-state index contributed by atoms with van der Waals surface area (Å²) in [6.45, 7) is 0.126. The summed E-state index contributed by atoms with van der Waals surface area (Å²) in [5.74, 6) is -1.86. The Balaban J connectivity index is 1.85. The molecular formula is C24H20FNO5S. The highest BCUT2D eigenvalue weighted by Crippen LogP contribution is 2.43. The molecule has 1 saturated heterocycles. The maximum atomic E-state index is 13.9. The number of hydrogen-bond donors (Lipinski definition) is 1. The zero-order valence-corrected chi connectivity index (χ0v) is 18.2. The number of aliphatic hydroxyl groups excluding tert-OH is 1. The Morgan fingerprint density at radius 3 is 2.59 bits per heavy atom. The number of ether oxygens (including phenoxy) is 2. The van der Waals surface area contributed by atoms with Crippen molar-refractivity contribution in [3.05, 3.63) is 87.4 Å². The molecule has 4 rings (SSSR count). The molecule has 1 unspecified atom stereocenters. The summed E-state index contributed by atoms with van der Waals surface area (Å²) < 4.78 is 24.4. The van der Waals surface area contributed by atoms with Crippen LogP contribution in [0.25, 0.3) is 5.76 Å². The normalized spacial score (nSPS) is 17.6. The van der Waals surface area contributed by atoms with Crippen LogP contribution in [0.1, 0.15) is 22.0 Å². The molecule has 2 heterocycles. The second-order valence-corrected chi connectivity index (χ2v) is 8.12.